The molecule has 0 saturated heterocycles. The molecule has 23 heavy (non-hydrogen) atoms. The van der Waals surface area contributed by atoms with Crippen molar-refractivity contribution < 1.29 is 8.42 Å². The maximum Gasteiger partial charge on any atom is 0.263 e. The van der Waals surface area contributed by atoms with Crippen molar-refractivity contribution in [2.24, 2.45) is 0 Å². The predicted octanol–water partition coefficient (Wildman–Crippen LogP) is 2.69. The monoisotopic (exact) mass is 349 g/mol. The number of aromatic amines is 1. The van der Waals surface area contributed by atoms with Crippen LogP contribution < -0.4 is 10.3 Å². The molecule has 0 unspecified atom stereocenters. The van der Waals surface area contributed by atoms with Gasteiger partial charge in [-0.05, 0) is 42.6 Å². The Labute approximate surface area is 137 Å². The molecule has 0 aliphatic carbocycles. The Morgan fingerprint density at radius 1 is 1.17 bits per heavy atom. The fraction of sp³-hybridized carbons (Fsp3) is 0.0667. The molecule has 0 spiro atoms. The van der Waals surface area contributed by atoms with E-state index in [1.165, 1.54) is 18.3 Å². The lowest BCUT2D eigenvalue weighted by molar-refractivity contribution is 0.601. The lowest BCUT2D eigenvalue weighted by Crippen LogP contribution is -2.13. The summed E-state index contributed by atoms with van der Waals surface area (Å²) < 4.78 is 27.1. The van der Waals surface area contributed by atoms with E-state index in [0.29, 0.717) is 16.8 Å². The van der Waals surface area contributed by atoms with Gasteiger partial charge in [0.15, 0.2) is 0 Å². The fourth-order valence-corrected chi connectivity index (χ4v) is 3.21. The summed E-state index contributed by atoms with van der Waals surface area (Å²) >= 11 is 5.65. The van der Waals surface area contributed by atoms with E-state index in [-0.39, 0.29) is 15.6 Å². The first-order chi connectivity index (χ1) is 10.8. The van der Waals surface area contributed by atoms with Gasteiger partial charge in [0.25, 0.3) is 15.6 Å². The third-order valence-electron chi connectivity index (χ3n) is 3.29. The number of sulfonamides is 1. The first-order valence-electron chi connectivity index (χ1n) is 6.63. The number of nitrogens with one attached hydrogen (secondary N) is 2. The molecule has 0 saturated carbocycles. The van der Waals surface area contributed by atoms with E-state index < -0.39 is 10.0 Å². The summed E-state index contributed by atoms with van der Waals surface area (Å²) in [6.45, 7) is 1.71. The lowest BCUT2D eigenvalue weighted by atomic mass is 10.1. The second-order valence-electron chi connectivity index (χ2n) is 5.01. The van der Waals surface area contributed by atoms with Crippen molar-refractivity contribution in [2.75, 3.05) is 4.72 Å². The lowest BCUT2D eigenvalue weighted by Gasteiger charge is -2.09. The summed E-state index contributed by atoms with van der Waals surface area (Å²) in [4.78, 5) is 18.1. The molecule has 118 valence electrons. The van der Waals surface area contributed by atoms with E-state index in [4.69, 9.17) is 11.6 Å². The zero-order valence-electron chi connectivity index (χ0n) is 12.0. The molecule has 8 heteroatoms. The Kier molecular flexibility index (Phi) is 3.83. The topological polar surface area (TPSA) is 91.9 Å². The minimum atomic E-state index is -3.78. The molecule has 6 nitrogen and oxygen atoms in total. The summed E-state index contributed by atoms with van der Waals surface area (Å²) in [7, 11) is -3.78. The average molecular weight is 350 g/mol. The van der Waals surface area contributed by atoms with Crippen molar-refractivity contribution in [1.82, 2.24) is 9.97 Å². The maximum atomic E-state index is 12.3. The number of H-pyrrole nitrogens is 1. The van der Waals surface area contributed by atoms with Crippen LogP contribution in [0.5, 0.6) is 0 Å². The van der Waals surface area contributed by atoms with E-state index in [1.807, 2.05) is 0 Å². The quantitative estimate of drug-likeness (QED) is 0.711. The highest BCUT2D eigenvalue weighted by Gasteiger charge is 2.15. The summed E-state index contributed by atoms with van der Waals surface area (Å²) in [5.41, 5.74) is 1.28. The molecule has 3 aromatic rings. The largest absolute Gasteiger partial charge is 0.322 e. The SMILES string of the molecule is Cc1cc2ccc(NS(=O)(=O)c3ccc(Cl)nc3)cc2[nH]c1=O. The van der Waals surface area contributed by atoms with Gasteiger partial charge in [0.05, 0.1) is 11.2 Å². The summed E-state index contributed by atoms with van der Waals surface area (Å²) in [6.07, 6.45) is 1.18. The molecule has 3 rings (SSSR count). The number of rotatable bonds is 3. The number of hydrogen-bond acceptors (Lipinski definition) is 4. The van der Waals surface area contributed by atoms with Crippen LogP contribution in [0.3, 0.4) is 0 Å². The number of aromatic nitrogens is 2. The number of fused-ring (bicyclic) bond motifs is 1. The number of hydrogen-bond donors (Lipinski definition) is 2. The van der Waals surface area contributed by atoms with Crippen molar-refractivity contribution in [3.05, 3.63) is 63.7 Å². The molecule has 0 aliphatic rings. The molecular weight excluding hydrogens is 338 g/mol. The first kappa shape index (κ1) is 15.5. The second kappa shape index (κ2) is 5.68. The van der Waals surface area contributed by atoms with Gasteiger partial charge < -0.3 is 4.98 Å². The number of nitrogens with zero attached hydrogens (tertiary/aromatic N) is 1. The smallest absolute Gasteiger partial charge is 0.263 e. The molecule has 0 aliphatic heterocycles. The minimum Gasteiger partial charge on any atom is -0.322 e. The van der Waals surface area contributed by atoms with Crippen molar-refractivity contribution in [3.8, 4) is 0 Å². The van der Waals surface area contributed by atoms with Crippen LogP contribution in [0.15, 0.2) is 52.3 Å². The van der Waals surface area contributed by atoms with Gasteiger partial charge >= 0.3 is 0 Å². The Morgan fingerprint density at radius 3 is 2.65 bits per heavy atom. The van der Waals surface area contributed by atoms with Gasteiger partial charge in [-0.15, -0.1) is 0 Å². The van der Waals surface area contributed by atoms with Gasteiger partial charge in [0.1, 0.15) is 10.0 Å². The van der Waals surface area contributed by atoms with E-state index in [0.717, 1.165) is 5.39 Å². The Hall–Kier alpha value is -2.38. The van der Waals surface area contributed by atoms with Crippen LogP contribution in [0, 0.1) is 6.92 Å². The predicted molar refractivity (Wildman–Crippen MR) is 89.4 cm³/mol. The first-order valence-corrected chi connectivity index (χ1v) is 8.49. The van der Waals surface area contributed by atoms with E-state index >= 15 is 0 Å². The number of pyridine rings is 2. The third kappa shape index (κ3) is 3.20. The molecule has 0 atom stereocenters. The molecule has 0 radical (unpaired) electrons. The van der Waals surface area contributed by atoms with Crippen molar-refractivity contribution in [3.63, 3.8) is 0 Å². The van der Waals surface area contributed by atoms with Crippen LogP contribution >= 0.6 is 11.6 Å². The Morgan fingerprint density at radius 2 is 1.96 bits per heavy atom. The van der Waals surface area contributed by atoms with Gasteiger partial charge in [0, 0.05) is 11.8 Å². The van der Waals surface area contributed by atoms with E-state index in [2.05, 4.69) is 14.7 Å². The molecular formula is C15H12ClN3O3S. The van der Waals surface area contributed by atoms with Crippen LogP contribution in [0.2, 0.25) is 5.15 Å². The second-order valence-corrected chi connectivity index (χ2v) is 7.08. The van der Waals surface area contributed by atoms with Gasteiger partial charge in [0.2, 0.25) is 0 Å². The molecule has 2 heterocycles. The number of aryl methyl sites for hydroxylation is 1. The minimum absolute atomic E-state index is 0.000559. The summed E-state index contributed by atoms with van der Waals surface area (Å²) in [6, 6.07) is 9.44. The molecule has 2 N–H and O–H groups in total. The zero-order chi connectivity index (χ0) is 16.6. The van der Waals surface area contributed by atoms with E-state index in [9.17, 15) is 13.2 Å². The molecule has 0 fully saturated rings. The maximum absolute atomic E-state index is 12.3. The molecule has 1 aromatic carbocycles. The third-order valence-corrected chi connectivity index (χ3v) is 4.88. The highest BCUT2D eigenvalue weighted by atomic mass is 35.5. The van der Waals surface area contributed by atoms with Gasteiger partial charge in [-0.3, -0.25) is 9.52 Å². The highest BCUT2D eigenvalue weighted by molar-refractivity contribution is 7.92. The molecule has 2 aromatic heterocycles. The van der Waals surface area contributed by atoms with Gasteiger partial charge in [-0.25, -0.2) is 13.4 Å². The Balaban J connectivity index is 1.99. The standard InChI is InChI=1S/C15H12ClN3O3S/c1-9-6-10-2-3-11(7-13(10)18-15(9)20)19-23(21,22)12-4-5-14(16)17-8-12/h2-8,19H,1H3,(H,18,20). The van der Waals surface area contributed by atoms with Crippen LogP contribution in [0.1, 0.15) is 5.56 Å². The highest BCUT2D eigenvalue weighted by Crippen LogP contribution is 2.20. The zero-order valence-corrected chi connectivity index (χ0v) is 13.6. The van der Waals surface area contributed by atoms with Crippen LogP contribution in [0.4, 0.5) is 5.69 Å². The van der Waals surface area contributed by atoms with E-state index in [1.54, 1.807) is 31.2 Å². The Bertz CT molecular complexity index is 1040. The van der Waals surface area contributed by atoms with Crippen LogP contribution in [-0.2, 0) is 10.0 Å². The van der Waals surface area contributed by atoms with Crippen LogP contribution in [-0.4, -0.2) is 18.4 Å². The van der Waals surface area contributed by atoms with Crippen molar-refractivity contribution in [1.29, 1.82) is 0 Å². The van der Waals surface area contributed by atoms with Crippen molar-refractivity contribution >= 4 is 38.2 Å². The number of halogens is 1. The summed E-state index contributed by atoms with van der Waals surface area (Å²) in [5, 5.41) is 1.03. The molecule has 0 bridgehead atoms. The summed E-state index contributed by atoms with van der Waals surface area (Å²) in [5.74, 6) is 0. The fourth-order valence-electron chi connectivity index (χ4n) is 2.11. The average Bonchev–Trinajstić information content (AvgIpc) is 2.49. The number of benzene rings is 1. The molecule has 0 amide bonds. The normalized spacial score (nSPS) is 11.6. The number of anilines is 1. The van der Waals surface area contributed by atoms with Gasteiger partial charge in [-0.1, -0.05) is 17.7 Å². The van der Waals surface area contributed by atoms with Gasteiger partial charge in [-0.2, -0.15) is 0 Å². The van der Waals surface area contributed by atoms with Crippen LogP contribution in [0.25, 0.3) is 10.9 Å². The van der Waals surface area contributed by atoms with Crippen molar-refractivity contribution in [2.45, 2.75) is 11.8 Å².